The van der Waals surface area contributed by atoms with Crippen molar-refractivity contribution in [1.82, 2.24) is 10.2 Å². The lowest BCUT2D eigenvalue weighted by Gasteiger charge is -2.10. The largest absolute Gasteiger partial charge is 0.434 e. The van der Waals surface area contributed by atoms with Gasteiger partial charge in [0, 0.05) is 10.0 Å². The van der Waals surface area contributed by atoms with E-state index < -0.39 is 5.82 Å². The Bertz CT molecular complexity index is 607. The van der Waals surface area contributed by atoms with Crippen LogP contribution >= 0.6 is 27.5 Å². The lowest BCUT2D eigenvalue weighted by molar-refractivity contribution is 0.418. The van der Waals surface area contributed by atoms with Crippen LogP contribution in [0.15, 0.2) is 22.7 Å². The van der Waals surface area contributed by atoms with Crippen molar-refractivity contribution in [1.29, 1.82) is 0 Å². The standard InChI is InChI=1S/C12H9BrClFN2O/c1-6-7(2)12(17-16-11(6)14)18-10-4-3-8(13)5-9(10)15/h3-5H,1-2H3. The van der Waals surface area contributed by atoms with Crippen LogP contribution in [0.2, 0.25) is 5.15 Å². The average Bonchev–Trinajstić information content (AvgIpc) is 2.33. The van der Waals surface area contributed by atoms with E-state index in [1.807, 2.05) is 0 Å². The van der Waals surface area contributed by atoms with Gasteiger partial charge in [-0.1, -0.05) is 27.5 Å². The lowest BCUT2D eigenvalue weighted by Crippen LogP contribution is -1.98. The molecule has 0 N–H and O–H groups in total. The molecule has 0 unspecified atom stereocenters. The molecule has 2 aromatic rings. The van der Waals surface area contributed by atoms with E-state index in [9.17, 15) is 4.39 Å². The van der Waals surface area contributed by atoms with Crippen molar-refractivity contribution >= 4 is 27.5 Å². The minimum atomic E-state index is -0.474. The van der Waals surface area contributed by atoms with Gasteiger partial charge in [0.05, 0.1) is 0 Å². The van der Waals surface area contributed by atoms with Gasteiger partial charge in [-0.05, 0) is 37.6 Å². The van der Waals surface area contributed by atoms with Crippen LogP contribution in [-0.4, -0.2) is 10.2 Å². The summed E-state index contributed by atoms with van der Waals surface area (Å²) < 4.78 is 19.7. The van der Waals surface area contributed by atoms with E-state index in [1.165, 1.54) is 12.1 Å². The van der Waals surface area contributed by atoms with Crippen LogP contribution in [0.25, 0.3) is 0 Å². The maximum atomic E-state index is 13.6. The molecule has 0 radical (unpaired) electrons. The van der Waals surface area contributed by atoms with E-state index in [4.69, 9.17) is 16.3 Å². The molecule has 0 atom stereocenters. The Morgan fingerprint density at radius 1 is 1.22 bits per heavy atom. The van der Waals surface area contributed by atoms with E-state index in [0.29, 0.717) is 9.63 Å². The van der Waals surface area contributed by atoms with Crippen LogP contribution < -0.4 is 4.74 Å². The third-order valence-electron chi connectivity index (χ3n) is 2.52. The molecule has 0 amide bonds. The third kappa shape index (κ3) is 2.62. The molecule has 0 aliphatic rings. The van der Waals surface area contributed by atoms with E-state index in [2.05, 4.69) is 26.1 Å². The SMILES string of the molecule is Cc1c(Cl)nnc(Oc2ccc(Br)cc2F)c1C. The van der Waals surface area contributed by atoms with E-state index >= 15 is 0 Å². The van der Waals surface area contributed by atoms with Gasteiger partial charge >= 0.3 is 0 Å². The number of rotatable bonds is 2. The number of hydrogen-bond donors (Lipinski definition) is 0. The normalized spacial score (nSPS) is 10.5. The van der Waals surface area contributed by atoms with Crippen LogP contribution in [0.4, 0.5) is 4.39 Å². The molecule has 1 heterocycles. The highest BCUT2D eigenvalue weighted by Gasteiger charge is 2.12. The first kappa shape index (κ1) is 13.2. The molecule has 1 aromatic heterocycles. The molecule has 1 aromatic carbocycles. The molecule has 18 heavy (non-hydrogen) atoms. The molecule has 0 saturated carbocycles. The van der Waals surface area contributed by atoms with Crippen LogP contribution in [0, 0.1) is 19.7 Å². The summed E-state index contributed by atoms with van der Waals surface area (Å²) in [5, 5.41) is 7.87. The van der Waals surface area contributed by atoms with Crippen LogP contribution in [0.3, 0.4) is 0 Å². The molecule has 0 aliphatic carbocycles. The molecule has 0 bridgehead atoms. The Morgan fingerprint density at radius 3 is 2.61 bits per heavy atom. The zero-order valence-corrected chi connectivity index (χ0v) is 12.0. The first-order valence-corrected chi connectivity index (χ1v) is 6.28. The van der Waals surface area contributed by atoms with Crippen molar-refractivity contribution in [2.45, 2.75) is 13.8 Å². The van der Waals surface area contributed by atoms with Crippen molar-refractivity contribution in [3.8, 4) is 11.6 Å². The summed E-state index contributed by atoms with van der Waals surface area (Å²) in [7, 11) is 0. The molecule has 2 rings (SSSR count). The molecule has 94 valence electrons. The maximum Gasteiger partial charge on any atom is 0.242 e. The van der Waals surface area contributed by atoms with Gasteiger partial charge in [0.2, 0.25) is 5.88 Å². The van der Waals surface area contributed by atoms with Gasteiger partial charge in [0.15, 0.2) is 16.7 Å². The number of aromatic nitrogens is 2. The molecular weight excluding hydrogens is 323 g/mol. The van der Waals surface area contributed by atoms with Crippen molar-refractivity contribution in [3.05, 3.63) is 44.8 Å². The van der Waals surface area contributed by atoms with Gasteiger partial charge in [-0.3, -0.25) is 0 Å². The van der Waals surface area contributed by atoms with Gasteiger partial charge in [0.25, 0.3) is 0 Å². The fourth-order valence-corrected chi connectivity index (χ4v) is 1.83. The number of ether oxygens (including phenoxy) is 1. The first-order valence-electron chi connectivity index (χ1n) is 5.11. The summed E-state index contributed by atoms with van der Waals surface area (Å²) in [6.45, 7) is 3.60. The van der Waals surface area contributed by atoms with Crippen molar-refractivity contribution < 1.29 is 9.13 Å². The van der Waals surface area contributed by atoms with Gasteiger partial charge in [-0.25, -0.2) is 4.39 Å². The summed E-state index contributed by atoms with van der Waals surface area (Å²) in [6, 6.07) is 4.52. The Kier molecular flexibility index (Phi) is 3.82. The minimum absolute atomic E-state index is 0.0947. The highest BCUT2D eigenvalue weighted by Crippen LogP contribution is 2.29. The molecular formula is C12H9BrClFN2O. The zero-order chi connectivity index (χ0) is 13.3. The predicted octanol–water partition coefficient (Wildman–Crippen LogP) is 4.44. The van der Waals surface area contributed by atoms with Crippen LogP contribution in [0.1, 0.15) is 11.1 Å². The van der Waals surface area contributed by atoms with E-state index in [-0.39, 0.29) is 11.6 Å². The number of benzene rings is 1. The maximum absolute atomic E-state index is 13.6. The molecule has 0 aliphatic heterocycles. The van der Waals surface area contributed by atoms with Gasteiger partial charge in [-0.2, -0.15) is 0 Å². The monoisotopic (exact) mass is 330 g/mol. The van der Waals surface area contributed by atoms with Gasteiger partial charge < -0.3 is 4.74 Å². The van der Waals surface area contributed by atoms with Gasteiger partial charge in [-0.15, -0.1) is 10.2 Å². The van der Waals surface area contributed by atoms with Crippen molar-refractivity contribution in [2.75, 3.05) is 0 Å². The van der Waals surface area contributed by atoms with Crippen LogP contribution in [0.5, 0.6) is 11.6 Å². The summed E-state index contributed by atoms with van der Waals surface area (Å²) in [6.07, 6.45) is 0. The topological polar surface area (TPSA) is 35.0 Å². The molecule has 3 nitrogen and oxygen atoms in total. The highest BCUT2D eigenvalue weighted by atomic mass is 79.9. The number of hydrogen-bond acceptors (Lipinski definition) is 3. The summed E-state index contributed by atoms with van der Waals surface area (Å²) in [5.41, 5.74) is 1.50. The lowest BCUT2D eigenvalue weighted by atomic mass is 10.2. The summed E-state index contributed by atoms with van der Waals surface area (Å²) in [4.78, 5) is 0. The minimum Gasteiger partial charge on any atom is -0.434 e. The second-order valence-corrected chi connectivity index (χ2v) is 5.00. The predicted molar refractivity (Wildman–Crippen MR) is 70.7 cm³/mol. The third-order valence-corrected chi connectivity index (χ3v) is 3.37. The number of halogens is 3. The van der Waals surface area contributed by atoms with E-state index in [1.54, 1.807) is 19.9 Å². The molecule has 6 heteroatoms. The van der Waals surface area contributed by atoms with E-state index in [0.717, 1.165) is 11.1 Å². The fourth-order valence-electron chi connectivity index (χ4n) is 1.31. The molecule has 0 fully saturated rings. The second kappa shape index (κ2) is 5.20. The fraction of sp³-hybridized carbons (Fsp3) is 0.167. The van der Waals surface area contributed by atoms with Crippen molar-refractivity contribution in [3.63, 3.8) is 0 Å². The highest BCUT2D eigenvalue weighted by molar-refractivity contribution is 9.10. The Labute approximate surface area is 117 Å². The molecule has 0 spiro atoms. The van der Waals surface area contributed by atoms with Gasteiger partial charge in [0.1, 0.15) is 0 Å². The Morgan fingerprint density at radius 2 is 1.94 bits per heavy atom. The Hall–Kier alpha value is -1.20. The van der Waals surface area contributed by atoms with Crippen molar-refractivity contribution in [2.24, 2.45) is 0 Å². The smallest absolute Gasteiger partial charge is 0.242 e. The first-order chi connectivity index (χ1) is 8.49. The Balaban J connectivity index is 2.37. The average molecular weight is 332 g/mol. The second-order valence-electron chi connectivity index (χ2n) is 3.72. The zero-order valence-electron chi connectivity index (χ0n) is 9.67. The molecule has 0 saturated heterocycles. The van der Waals surface area contributed by atoms with Crippen LogP contribution in [-0.2, 0) is 0 Å². The number of nitrogens with zero attached hydrogens (tertiary/aromatic N) is 2. The quantitative estimate of drug-likeness (QED) is 0.816. The summed E-state index contributed by atoms with van der Waals surface area (Å²) in [5.74, 6) is -0.131. The summed E-state index contributed by atoms with van der Waals surface area (Å²) >= 11 is 9.01.